The molecule has 2 amide bonds. The summed E-state index contributed by atoms with van der Waals surface area (Å²) in [7, 11) is 3.13. The molecular weight excluding hydrogens is 462 g/mol. The molecule has 3 rings (SSSR count). The maximum absolute atomic E-state index is 12.7. The van der Waals surface area contributed by atoms with Gasteiger partial charge in [0.05, 0.1) is 6.54 Å². The van der Waals surface area contributed by atoms with E-state index < -0.39 is 18.0 Å². The molecule has 3 aromatic rings. The van der Waals surface area contributed by atoms with Crippen LogP contribution in [0.25, 0.3) is 11.1 Å². The fourth-order valence-electron chi connectivity index (χ4n) is 3.12. The summed E-state index contributed by atoms with van der Waals surface area (Å²) in [6.07, 6.45) is -1.73. The second kappa shape index (κ2) is 10.9. The number of carboxylic acids is 1. The number of hydrogen-bond acceptors (Lipinski definition) is 6. The van der Waals surface area contributed by atoms with Gasteiger partial charge in [0.15, 0.2) is 11.8 Å². The first-order chi connectivity index (χ1) is 16.1. The molecule has 0 fully saturated rings. The van der Waals surface area contributed by atoms with Crippen molar-refractivity contribution in [2.75, 3.05) is 20.6 Å². The third-order valence-electron chi connectivity index (χ3n) is 4.87. The summed E-state index contributed by atoms with van der Waals surface area (Å²) in [6, 6.07) is 16.1. The number of hydrazine groups is 1. The van der Waals surface area contributed by atoms with Gasteiger partial charge in [0.1, 0.15) is 5.69 Å². The number of aliphatic carboxylic acids is 1. The van der Waals surface area contributed by atoms with E-state index in [0.29, 0.717) is 5.02 Å². The van der Waals surface area contributed by atoms with Crippen molar-refractivity contribution >= 4 is 29.4 Å². The van der Waals surface area contributed by atoms with E-state index in [0.717, 1.165) is 16.7 Å². The van der Waals surface area contributed by atoms with Crippen molar-refractivity contribution in [3.63, 3.8) is 0 Å². The summed E-state index contributed by atoms with van der Waals surface area (Å²) < 4.78 is 0. The van der Waals surface area contributed by atoms with Crippen LogP contribution in [0.15, 0.2) is 54.6 Å². The highest BCUT2D eigenvalue weighted by atomic mass is 35.5. The first kappa shape index (κ1) is 24.9. The van der Waals surface area contributed by atoms with E-state index >= 15 is 0 Å². The number of carbonyl (C=O) groups excluding carboxylic acids is 2. The Morgan fingerprint density at radius 1 is 1.09 bits per heavy atom. The van der Waals surface area contributed by atoms with Gasteiger partial charge >= 0.3 is 5.97 Å². The highest BCUT2D eigenvalue weighted by molar-refractivity contribution is 6.30. The van der Waals surface area contributed by atoms with Crippen LogP contribution >= 0.6 is 11.6 Å². The lowest BCUT2D eigenvalue weighted by Gasteiger charge is -2.24. The first-order valence-electron chi connectivity index (χ1n) is 10.2. The second-order valence-corrected chi connectivity index (χ2v) is 8.19. The molecule has 34 heavy (non-hydrogen) atoms. The highest BCUT2D eigenvalue weighted by Gasteiger charge is 2.22. The smallest absolute Gasteiger partial charge is 0.333 e. The van der Waals surface area contributed by atoms with Gasteiger partial charge in [-0.1, -0.05) is 48.0 Å². The molecule has 0 aliphatic heterocycles. The standard InChI is InChI=1S/C23H24ClN5O5/c1-28(2)22(32)19-11-18(25-26-19)21(31)27-29(13-20(30)23(33)34)12-14-6-8-15(9-7-14)16-4-3-5-17(24)10-16/h3-11,20,30H,12-13H2,1-2H3,(H,25,26)(H,27,31)(H,33,34). The van der Waals surface area contributed by atoms with Gasteiger partial charge in [0.25, 0.3) is 11.8 Å². The van der Waals surface area contributed by atoms with Crippen LogP contribution in [-0.4, -0.2) is 74.8 Å². The fraction of sp³-hybridized carbons (Fsp3) is 0.217. The molecule has 0 bridgehead atoms. The van der Waals surface area contributed by atoms with Gasteiger partial charge in [-0.15, -0.1) is 0 Å². The zero-order chi connectivity index (χ0) is 24.8. The summed E-state index contributed by atoms with van der Waals surface area (Å²) in [5, 5.41) is 27.2. The fourth-order valence-corrected chi connectivity index (χ4v) is 3.31. The van der Waals surface area contributed by atoms with E-state index in [9.17, 15) is 19.5 Å². The molecule has 178 valence electrons. The minimum absolute atomic E-state index is 0.0590. The maximum Gasteiger partial charge on any atom is 0.333 e. The van der Waals surface area contributed by atoms with Crippen LogP contribution < -0.4 is 5.43 Å². The van der Waals surface area contributed by atoms with E-state index in [1.807, 2.05) is 42.5 Å². The number of benzene rings is 2. The van der Waals surface area contributed by atoms with Gasteiger partial charge in [-0.3, -0.25) is 20.1 Å². The maximum atomic E-state index is 12.7. The molecule has 1 unspecified atom stereocenters. The molecule has 11 heteroatoms. The lowest BCUT2D eigenvalue weighted by molar-refractivity contribution is -0.148. The molecule has 1 heterocycles. The molecule has 0 aliphatic carbocycles. The Balaban J connectivity index is 1.75. The van der Waals surface area contributed by atoms with Crippen LogP contribution in [0.5, 0.6) is 0 Å². The molecule has 2 aromatic carbocycles. The van der Waals surface area contributed by atoms with E-state index in [1.54, 1.807) is 20.2 Å². The highest BCUT2D eigenvalue weighted by Crippen LogP contribution is 2.23. The SMILES string of the molecule is CN(C)C(=O)c1cc(C(=O)NN(Cc2ccc(-c3cccc(Cl)c3)cc2)CC(O)C(=O)O)n[nH]1. The molecule has 1 aromatic heterocycles. The van der Waals surface area contributed by atoms with E-state index in [1.165, 1.54) is 16.0 Å². The number of carbonyl (C=O) groups is 3. The van der Waals surface area contributed by atoms with Crippen LogP contribution in [0, 0.1) is 0 Å². The van der Waals surface area contributed by atoms with Gasteiger partial charge in [0.2, 0.25) is 0 Å². The van der Waals surface area contributed by atoms with Crippen LogP contribution in [0.4, 0.5) is 0 Å². The number of aliphatic hydroxyl groups is 1. The molecule has 0 aliphatic rings. The van der Waals surface area contributed by atoms with Crippen LogP contribution in [0.1, 0.15) is 26.5 Å². The van der Waals surface area contributed by atoms with Crippen molar-refractivity contribution in [1.82, 2.24) is 25.5 Å². The monoisotopic (exact) mass is 485 g/mol. The number of carboxylic acid groups (broad SMARTS) is 1. The normalized spacial score (nSPS) is 11.8. The van der Waals surface area contributed by atoms with Gasteiger partial charge in [-0.05, 0) is 28.8 Å². The van der Waals surface area contributed by atoms with Gasteiger partial charge < -0.3 is 15.1 Å². The molecule has 0 saturated heterocycles. The number of amides is 2. The molecular formula is C23H24ClN5O5. The average Bonchev–Trinajstić information content (AvgIpc) is 3.29. The van der Waals surface area contributed by atoms with Crippen LogP contribution in [0.3, 0.4) is 0 Å². The third kappa shape index (κ3) is 6.41. The summed E-state index contributed by atoms with van der Waals surface area (Å²) in [5.74, 6) is -2.44. The zero-order valence-electron chi connectivity index (χ0n) is 18.5. The molecule has 0 radical (unpaired) electrons. The Morgan fingerprint density at radius 2 is 1.79 bits per heavy atom. The number of aromatic amines is 1. The van der Waals surface area contributed by atoms with Gasteiger partial charge in [-0.2, -0.15) is 5.10 Å². The zero-order valence-corrected chi connectivity index (χ0v) is 19.3. The lowest BCUT2D eigenvalue weighted by Crippen LogP contribution is -2.47. The number of rotatable bonds is 9. The topological polar surface area (TPSA) is 139 Å². The van der Waals surface area contributed by atoms with Crippen molar-refractivity contribution in [2.45, 2.75) is 12.6 Å². The number of aromatic nitrogens is 2. The number of nitrogens with zero attached hydrogens (tertiary/aromatic N) is 3. The number of hydrogen-bond donors (Lipinski definition) is 4. The Bertz CT molecular complexity index is 1180. The van der Waals surface area contributed by atoms with Crippen LogP contribution in [0.2, 0.25) is 5.02 Å². The first-order valence-corrected chi connectivity index (χ1v) is 10.6. The Kier molecular flexibility index (Phi) is 8.00. The van der Waals surface area contributed by atoms with E-state index in [4.69, 9.17) is 16.7 Å². The molecule has 1 atom stereocenters. The number of aliphatic hydroxyl groups excluding tert-OH is 1. The van der Waals surface area contributed by atoms with Gasteiger partial charge in [-0.25, -0.2) is 9.80 Å². The lowest BCUT2D eigenvalue weighted by atomic mass is 10.0. The largest absolute Gasteiger partial charge is 0.479 e. The van der Waals surface area contributed by atoms with E-state index in [-0.39, 0.29) is 30.4 Å². The Labute approximate surface area is 200 Å². The average molecular weight is 486 g/mol. The van der Waals surface area contributed by atoms with Gasteiger partial charge in [0, 0.05) is 31.7 Å². The number of nitrogens with one attached hydrogen (secondary N) is 2. The molecule has 4 N–H and O–H groups in total. The summed E-state index contributed by atoms with van der Waals surface area (Å²) >= 11 is 6.06. The Morgan fingerprint density at radius 3 is 2.41 bits per heavy atom. The third-order valence-corrected chi connectivity index (χ3v) is 5.11. The predicted molar refractivity (Wildman–Crippen MR) is 125 cm³/mol. The van der Waals surface area contributed by atoms with Crippen molar-refractivity contribution in [3.05, 3.63) is 76.6 Å². The van der Waals surface area contributed by atoms with Crippen LogP contribution in [-0.2, 0) is 11.3 Å². The minimum atomic E-state index is -1.73. The summed E-state index contributed by atoms with van der Waals surface area (Å²) in [4.78, 5) is 37.2. The molecule has 0 saturated carbocycles. The Hall–Kier alpha value is -3.73. The van der Waals surface area contributed by atoms with Crippen molar-refractivity contribution in [2.24, 2.45) is 0 Å². The second-order valence-electron chi connectivity index (χ2n) is 7.75. The number of H-pyrrole nitrogens is 1. The van der Waals surface area contributed by atoms with Crippen molar-refractivity contribution in [3.8, 4) is 11.1 Å². The summed E-state index contributed by atoms with van der Waals surface area (Å²) in [5.41, 5.74) is 5.25. The molecule has 10 nitrogen and oxygen atoms in total. The van der Waals surface area contributed by atoms with Crippen molar-refractivity contribution in [1.29, 1.82) is 0 Å². The van der Waals surface area contributed by atoms with Crippen molar-refractivity contribution < 1.29 is 24.6 Å². The molecule has 0 spiro atoms. The summed E-state index contributed by atoms with van der Waals surface area (Å²) in [6.45, 7) is -0.259. The minimum Gasteiger partial charge on any atom is -0.479 e. The quantitative estimate of drug-likeness (QED) is 0.340. The predicted octanol–water partition coefficient (Wildman–Crippen LogP) is 2.02. The van der Waals surface area contributed by atoms with E-state index in [2.05, 4.69) is 15.6 Å². The number of halogens is 1.